The van der Waals surface area contributed by atoms with Crippen molar-refractivity contribution in [1.29, 1.82) is 0 Å². The Morgan fingerprint density at radius 3 is 2.25 bits per heavy atom. The summed E-state index contributed by atoms with van der Waals surface area (Å²) in [6.07, 6.45) is 8.75. The Labute approximate surface area is 102 Å². The molecule has 0 bridgehead atoms. The summed E-state index contributed by atoms with van der Waals surface area (Å²) in [4.78, 5) is 0. The number of rotatable bonds is 8. The van der Waals surface area contributed by atoms with Crippen LogP contribution in [0.25, 0.3) is 0 Å². The predicted octanol–water partition coefficient (Wildman–Crippen LogP) is 5.53. The maximum absolute atomic E-state index is 3.88. The van der Waals surface area contributed by atoms with Crippen LogP contribution in [0.4, 0.5) is 0 Å². The molecule has 0 nitrogen and oxygen atoms in total. The molecule has 0 saturated heterocycles. The second kappa shape index (κ2) is 8.38. The molecule has 0 heteroatoms. The molecule has 0 aromatic carbocycles. The lowest BCUT2D eigenvalue weighted by Gasteiger charge is -2.18. The average Bonchev–Trinajstić information content (AvgIpc) is 2.27. The zero-order chi connectivity index (χ0) is 12.6. The molecule has 0 spiro atoms. The van der Waals surface area contributed by atoms with Gasteiger partial charge < -0.3 is 0 Å². The maximum atomic E-state index is 3.88. The summed E-state index contributed by atoms with van der Waals surface area (Å²) in [5.41, 5.74) is 3.19. The van der Waals surface area contributed by atoms with Gasteiger partial charge in [-0.25, -0.2) is 0 Å². The number of allylic oxidation sites excluding steroid dienone is 4. The van der Waals surface area contributed by atoms with E-state index >= 15 is 0 Å². The van der Waals surface area contributed by atoms with E-state index in [0.29, 0.717) is 11.8 Å². The monoisotopic (exact) mass is 220 g/mol. The van der Waals surface area contributed by atoms with Crippen molar-refractivity contribution in [2.75, 3.05) is 0 Å². The van der Waals surface area contributed by atoms with Crippen LogP contribution in [0.15, 0.2) is 36.5 Å². The number of hydrogen-bond donors (Lipinski definition) is 0. The van der Waals surface area contributed by atoms with Crippen LogP contribution in [-0.4, -0.2) is 0 Å². The van der Waals surface area contributed by atoms with Gasteiger partial charge >= 0.3 is 0 Å². The van der Waals surface area contributed by atoms with E-state index in [9.17, 15) is 0 Å². The minimum Gasteiger partial charge on any atom is -0.103 e. The molecular weight excluding hydrogens is 192 g/mol. The summed E-state index contributed by atoms with van der Waals surface area (Å²) in [7, 11) is 0. The molecule has 0 aromatic rings. The molecule has 0 aliphatic rings. The first kappa shape index (κ1) is 15.2. The van der Waals surface area contributed by atoms with E-state index in [4.69, 9.17) is 0 Å². The van der Waals surface area contributed by atoms with E-state index in [0.717, 1.165) is 6.42 Å². The summed E-state index contributed by atoms with van der Waals surface area (Å²) < 4.78 is 0. The van der Waals surface area contributed by atoms with Crippen molar-refractivity contribution in [3.63, 3.8) is 0 Å². The second-order valence-electron chi connectivity index (χ2n) is 4.99. The SMILES string of the molecule is C=CCC(C)CC(CC(C)C=C)=C(C)CC. The zero-order valence-electron chi connectivity index (χ0n) is 11.6. The molecule has 2 atom stereocenters. The van der Waals surface area contributed by atoms with Crippen LogP contribution in [0, 0.1) is 11.8 Å². The molecular formula is C16H28. The van der Waals surface area contributed by atoms with Gasteiger partial charge in [0.15, 0.2) is 0 Å². The molecule has 16 heavy (non-hydrogen) atoms. The Hall–Kier alpha value is -0.780. The Morgan fingerprint density at radius 2 is 1.81 bits per heavy atom. The average molecular weight is 220 g/mol. The summed E-state index contributed by atoms with van der Waals surface area (Å²) >= 11 is 0. The van der Waals surface area contributed by atoms with E-state index in [-0.39, 0.29) is 0 Å². The van der Waals surface area contributed by atoms with Gasteiger partial charge in [-0.1, -0.05) is 44.1 Å². The number of hydrogen-bond acceptors (Lipinski definition) is 0. The maximum Gasteiger partial charge on any atom is -0.0227 e. The minimum atomic E-state index is 0.590. The van der Waals surface area contributed by atoms with Gasteiger partial charge in [-0.15, -0.1) is 13.2 Å². The van der Waals surface area contributed by atoms with E-state index in [1.165, 1.54) is 19.3 Å². The highest BCUT2D eigenvalue weighted by atomic mass is 14.2. The van der Waals surface area contributed by atoms with E-state index in [2.05, 4.69) is 46.9 Å². The van der Waals surface area contributed by atoms with Gasteiger partial charge in [0.1, 0.15) is 0 Å². The van der Waals surface area contributed by atoms with E-state index < -0.39 is 0 Å². The van der Waals surface area contributed by atoms with E-state index in [1.807, 2.05) is 6.08 Å². The fraction of sp³-hybridized carbons (Fsp3) is 0.625. The first-order valence-electron chi connectivity index (χ1n) is 6.46. The molecule has 2 unspecified atom stereocenters. The van der Waals surface area contributed by atoms with Crippen LogP contribution >= 0.6 is 0 Å². The third kappa shape index (κ3) is 5.95. The lowest BCUT2D eigenvalue weighted by atomic mass is 9.88. The highest BCUT2D eigenvalue weighted by Gasteiger charge is 2.09. The summed E-state index contributed by atoms with van der Waals surface area (Å²) in [5.74, 6) is 1.30. The van der Waals surface area contributed by atoms with Crippen molar-refractivity contribution in [2.45, 2.75) is 53.4 Å². The van der Waals surface area contributed by atoms with E-state index in [1.54, 1.807) is 11.1 Å². The van der Waals surface area contributed by atoms with Crippen LogP contribution in [0.2, 0.25) is 0 Å². The lowest BCUT2D eigenvalue weighted by molar-refractivity contribution is 0.551. The summed E-state index contributed by atoms with van der Waals surface area (Å²) in [6.45, 7) is 16.8. The molecule has 0 amide bonds. The third-order valence-electron chi connectivity index (χ3n) is 3.27. The molecule has 0 aliphatic heterocycles. The first-order chi connectivity index (χ1) is 7.54. The highest BCUT2D eigenvalue weighted by Crippen LogP contribution is 2.26. The Balaban J connectivity index is 4.56. The van der Waals surface area contributed by atoms with Crippen LogP contribution in [0.5, 0.6) is 0 Å². The van der Waals surface area contributed by atoms with Crippen molar-refractivity contribution in [3.8, 4) is 0 Å². The Morgan fingerprint density at radius 1 is 1.19 bits per heavy atom. The smallest absolute Gasteiger partial charge is 0.0227 e. The standard InChI is InChI=1S/C16H28/c1-7-10-14(5)12-16(15(6)9-3)11-13(4)8-2/h7-8,13-14H,1-2,9-12H2,3-6H3. The molecule has 0 radical (unpaired) electrons. The normalized spacial score (nSPS) is 16.2. The molecule has 0 fully saturated rings. The summed E-state index contributed by atoms with van der Waals surface area (Å²) in [6, 6.07) is 0. The second-order valence-corrected chi connectivity index (χ2v) is 4.99. The topological polar surface area (TPSA) is 0 Å². The molecule has 0 saturated carbocycles. The minimum absolute atomic E-state index is 0.590. The van der Waals surface area contributed by atoms with Crippen LogP contribution in [-0.2, 0) is 0 Å². The lowest BCUT2D eigenvalue weighted by Crippen LogP contribution is -2.02. The van der Waals surface area contributed by atoms with Gasteiger partial charge in [0.25, 0.3) is 0 Å². The fourth-order valence-electron chi connectivity index (χ4n) is 1.94. The van der Waals surface area contributed by atoms with Crippen LogP contribution in [0.3, 0.4) is 0 Å². The van der Waals surface area contributed by atoms with Crippen molar-refractivity contribution >= 4 is 0 Å². The van der Waals surface area contributed by atoms with Gasteiger partial charge in [0.2, 0.25) is 0 Å². The largest absolute Gasteiger partial charge is 0.103 e. The highest BCUT2D eigenvalue weighted by molar-refractivity contribution is 5.14. The molecule has 0 aromatic heterocycles. The zero-order valence-corrected chi connectivity index (χ0v) is 11.6. The fourth-order valence-corrected chi connectivity index (χ4v) is 1.94. The van der Waals surface area contributed by atoms with Gasteiger partial charge in [0.05, 0.1) is 0 Å². The first-order valence-corrected chi connectivity index (χ1v) is 6.46. The molecule has 0 heterocycles. The quantitative estimate of drug-likeness (QED) is 0.472. The Kier molecular flexibility index (Phi) is 7.97. The van der Waals surface area contributed by atoms with Crippen LogP contribution in [0.1, 0.15) is 53.4 Å². The molecule has 92 valence electrons. The van der Waals surface area contributed by atoms with Crippen molar-refractivity contribution in [3.05, 3.63) is 36.5 Å². The summed E-state index contributed by atoms with van der Waals surface area (Å²) in [5, 5.41) is 0. The molecule has 0 aliphatic carbocycles. The van der Waals surface area contributed by atoms with Crippen LogP contribution < -0.4 is 0 Å². The van der Waals surface area contributed by atoms with Crippen molar-refractivity contribution in [1.82, 2.24) is 0 Å². The van der Waals surface area contributed by atoms with Gasteiger partial charge in [-0.3, -0.25) is 0 Å². The predicted molar refractivity (Wildman–Crippen MR) is 75.6 cm³/mol. The van der Waals surface area contributed by atoms with Gasteiger partial charge in [-0.05, 0) is 44.4 Å². The molecule has 0 N–H and O–H groups in total. The van der Waals surface area contributed by atoms with Gasteiger partial charge in [-0.2, -0.15) is 0 Å². The molecule has 0 rings (SSSR count). The third-order valence-corrected chi connectivity index (χ3v) is 3.27. The Bertz CT molecular complexity index is 245. The van der Waals surface area contributed by atoms with Gasteiger partial charge in [0, 0.05) is 0 Å². The van der Waals surface area contributed by atoms with Crippen molar-refractivity contribution in [2.24, 2.45) is 11.8 Å². The van der Waals surface area contributed by atoms with Crippen molar-refractivity contribution < 1.29 is 0 Å².